The third-order valence-electron chi connectivity index (χ3n) is 1.60. The third-order valence-corrected chi connectivity index (χ3v) is 1.79. The summed E-state index contributed by atoms with van der Waals surface area (Å²) in [5, 5.41) is 8.83. The lowest BCUT2D eigenvalue weighted by molar-refractivity contribution is 0.0696. The fourth-order valence-electron chi connectivity index (χ4n) is 0.984. The normalized spacial score (nSPS) is 8.93. The molecule has 3 heteroatoms. The van der Waals surface area contributed by atoms with Crippen LogP contribution in [-0.2, 0) is 0 Å². The molecule has 0 fully saturated rings. The number of rotatable bonds is 2. The molecule has 0 heterocycles. The summed E-state index contributed by atoms with van der Waals surface area (Å²) in [7, 11) is 0. The van der Waals surface area contributed by atoms with E-state index in [1.807, 2.05) is 0 Å². The zero-order valence-corrected chi connectivity index (χ0v) is 8.21. The van der Waals surface area contributed by atoms with Gasteiger partial charge in [-0.2, -0.15) is 0 Å². The molecule has 1 aromatic rings. The number of benzene rings is 1. The van der Waals surface area contributed by atoms with Gasteiger partial charge in [0, 0.05) is 17.9 Å². The summed E-state index contributed by atoms with van der Waals surface area (Å²) in [5.74, 6) is 5.08. The fraction of sp³-hybridized carbons (Fsp3) is 0.182. The molecule has 0 amide bonds. The van der Waals surface area contributed by atoms with Crippen molar-refractivity contribution >= 4 is 17.6 Å². The smallest absolute Gasteiger partial charge is 0.336 e. The molecule has 0 spiro atoms. The van der Waals surface area contributed by atoms with E-state index in [4.69, 9.17) is 16.7 Å². The van der Waals surface area contributed by atoms with Gasteiger partial charge in [0.1, 0.15) is 0 Å². The Hall–Kier alpha value is -1.46. The Morgan fingerprint density at radius 1 is 1.43 bits per heavy atom. The van der Waals surface area contributed by atoms with Gasteiger partial charge in [0.05, 0.1) is 5.56 Å². The quantitative estimate of drug-likeness (QED) is 0.599. The number of hydrogen-bond acceptors (Lipinski definition) is 1. The predicted molar refractivity (Wildman–Crippen MR) is 55.6 cm³/mol. The van der Waals surface area contributed by atoms with Gasteiger partial charge in [-0.25, -0.2) is 4.79 Å². The molecule has 1 N–H and O–H groups in total. The summed E-state index contributed by atoms with van der Waals surface area (Å²) in [4.78, 5) is 10.8. The maximum atomic E-state index is 10.8. The Kier molecular flexibility index (Phi) is 4.03. The SMILES string of the molecule is O=C(O)c1ccccc1C#CCCCl. The highest BCUT2D eigenvalue weighted by molar-refractivity contribution is 6.18. The van der Waals surface area contributed by atoms with Crippen LogP contribution in [-0.4, -0.2) is 17.0 Å². The molecule has 0 aliphatic rings. The molecule has 0 radical (unpaired) electrons. The zero-order chi connectivity index (χ0) is 10.4. The van der Waals surface area contributed by atoms with Crippen LogP contribution >= 0.6 is 11.6 Å². The highest BCUT2D eigenvalue weighted by Crippen LogP contribution is 2.06. The van der Waals surface area contributed by atoms with Crippen LogP contribution in [0.15, 0.2) is 24.3 Å². The summed E-state index contributed by atoms with van der Waals surface area (Å²) in [6.07, 6.45) is 0.565. The number of carbonyl (C=O) groups is 1. The molecule has 14 heavy (non-hydrogen) atoms. The third kappa shape index (κ3) is 2.79. The highest BCUT2D eigenvalue weighted by Gasteiger charge is 2.05. The zero-order valence-electron chi connectivity index (χ0n) is 7.46. The Morgan fingerprint density at radius 2 is 2.14 bits per heavy atom. The second-order valence-corrected chi connectivity index (χ2v) is 2.97. The molecule has 0 unspecified atom stereocenters. The van der Waals surface area contributed by atoms with E-state index in [2.05, 4.69) is 11.8 Å². The van der Waals surface area contributed by atoms with Gasteiger partial charge in [0.15, 0.2) is 0 Å². The van der Waals surface area contributed by atoms with Crippen LogP contribution in [0.25, 0.3) is 0 Å². The van der Waals surface area contributed by atoms with E-state index in [1.54, 1.807) is 18.2 Å². The molecular formula is C11H9ClO2. The van der Waals surface area contributed by atoms with E-state index >= 15 is 0 Å². The molecule has 72 valence electrons. The van der Waals surface area contributed by atoms with Crippen LogP contribution in [0.1, 0.15) is 22.3 Å². The molecule has 0 saturated carbocycles. The van der Waals surface area contributed by atoms with Crippen molar-refractivity contribution in [1.82, 2.24) is 0 Å². The maximum Gasteiger partial charge on any atom is 0.336 e. The number of aromatic carboxylic acids is 1. The molecule has 1 aromatic carbocycles. The first kappa shape index (κ1) is 10.6. The number of carboxylic acid groups (broad SMARTS) is 1. The molecule has 0 bridgehead atoms. The van der Waals surface area contributed by atoms with Crippen molar-refractivity contribution in [2.24, 2.45) is 0 Å². The van der Waals surface area contributed by atoms with Gasteiger partial charge >= 0.3 is 5.97 Å². The van der Waals surface area contributed by atoms with Crippen LogP contribution in [0, 0.1) is 11.8 Å². The average Bonchev–Trinajstić information content (AvgIpc) is 2.19. The van der Waals surface area contributed by atoms with Crippen molar-refractivity contribution in [3.63, 3.8) is 0 Å². The predicted octanol–water partition coefficient (Wildman–Crippen LogP) is 2.37. The summed E-state index contributed by atoms with van der Waals surface area (Å²) < 4.78 is 0. The van der Waals surface area contributed by atoms with Crippen molar-refractivity contribution in [1.29, 1.82) is 0 Å². The van der Waals surface area contributed by atoms with Crippen molar-refractivity contribution < 1.29 is 9.90 Å². The molecular weight excluding hydrogens is 200 g/mol. The van der Waals surface area contributed by atoms with E-state index in [0.717, 1.165) is 0 Å². The van der Waals surface area contributed by atoms with Crippen LogP contribution in [0.2, 0.25) is 0 Å². The molecule has 0 atom stereocenters. The minimum atomic E-state index is -0.958. The summed E-state index contributed by atoms with van der Waals surface area (Å²) in [5.41, 5.74) is 0.764. The Balaban J connectivity index is 2.97. The number of hydrogen-bond donors (Lipinski definition) is 1. The van der Waals surface area contributed by atoms with E-state index in [9.17, 15) is 4.79 Å². The number of alkyl halides is 1. The van der Waals surface area contributed by atoms with Crippen molar-refractivity contribution in [2.75, 3.05) is 5.88 Å². The Morgan fingerprint density at radius 3 is 2.79 bits per heavy atom. The van der Waals surface area contributed by atoms with Gasteiger partial charge in [0.25, 0.3) is 0 Å². The standard InChI is InChI=1S/C11H9ClO2/c12-8-4-3-6-9-5-1-2-7-10(9)11(13)14/h1-2,5,7H,4,8H2,(H,13,14). The maximum absolute atomic E-state index is 10.8. The second-order valence-electron chi connectivity index (χ2n) is 2.59. The second kappa shape index (κ2) is 5.31. The van der Waals surface area contributed by atoms with Crippen LogP contribution < -0.4 is 0 Å². The summed E-state index contributed by atoms with van der Waals surface area (Å²) in [6.45, 7) is 0. The van der Waals surface area contributed by atoms with E-state index in [1.165, 1.54) is 6.07 Å². The van der Waals surface area contributed by atoms with E-state index in [0.29, 0.717) is 17.9 Å². The fourth-order valence-corrected chi connectivity index (χ4v) is 1.08. The molecule has 0 aliphatic heterocycles. The monoisotopic (exact) mass is 208 g/mol. The van der Waals surface area contributed by atoms with Gasteiger partial charge in [-0.1, -0.05) is 24.0 Å². The van der Waals surface area contributed by atoms with Crippen molar-refractivity contribution in [3.05, 3.63) is 35.4 Å². The molecule has 0 aliphatic carbocycles. The van der Waals surface area contributed by atoms with Crippen molar-refractivity contribution in [3.8, 4) is 11.8 Å². The number of halogens is 1. The molecule has 0 aromatic heterocycles. The van der Waals surface area contributed by atoms with Crippen LogP contribution in [0.5, 0.6) is 0 Å². The molecule has 2 nitrogen and oxygen atoms in total. The van der Waals surface area contributed by atoms with Crippen LogP contribution in [0.3, 0.4) is 0 Å². The van der Waals surface area contributed by atoms with Crippen LogP contribution in [0.4, 0.5) is 0 Å². The van der Waals surface area contributed by atoms with Gasteiger partial charge in [-0.15, -0.1) is 11.6 Å². The average molecular weight is 209 g/mol. The van der Waals surface area contributed by atoms with Gasteiger partial charge in [-0.05, 0) is 12.1 Å². The lowest BCUT2D eigenvalue weighted by atomic mass is 10.1. The first-order chi connectivity index (χ1) is 6.75. The molecule has 0 saturated heterocycles. The van der Waals surface area contributed by atoms with Gasteiger partial charge in [-0.3, -0.25) is 0 Å². The van der Waals surface area contributed by atoms with E-state index in [-0.39, 0.29) is 5.56 Å². The highest BCUT2D eigenvalue weighted by atomic mass is 35.5. The molecule has 1 rings (SSSR count). The number of carboxylic acids is 1. The summed E-state index contributed by atoms with van der Waals surface area (Å²) in [6, 6.07) is 6.66. The van der Waals surface area contributed by atoms with E-state index < -0.39 is 5.97 Å². The summed E-state index contributed by atoms with van der Waals surface area (Å²) >= 11 is 5.45. The topological polar surface area (TPSA) is 37.3 Å². The Labute approximate surface area is 87.5 Å². The largest absolute Gasteiger partial charge is 0.478 e. The van der Waals surface area contributed by atoms with Gasteiger partial charge < -0.3 is 5.11 Å². The lowest BCUT2D eigenvalue weighted by Gasteiger charge is -1.96. The van der Waals surface area contributed by atoms with Gasteiger partial charge in [0.2, 0.25) is 0 Å². The minimum absolute atomic E-state index is 0.231. The lowest BCUT2D eigenvalue weighted by Crippen LogP contribution is -1.99. The first-order valence-corrected chi connectivity index (χ1v) is 4.66. The first-order valence-electron chi connectivity index (χ1n) is 4.13. The Bertz CT molecular complexity index is 388. The minimum Gasteiger partial charge on any atom is -0.478 e. The van der Waals surface area contributed by atoms with Crippen molar-refractivity contribution in [2.45, 2.75) is 6.42 Å².